The van der Waals surface area contributed by atoms with Crippen LogP contribution in [0.25, 0.3) is 0 Å². The number of hydrogen-bond acceptors (Lipinski definition) is 2. The van der Waals surface area contributed by atoms with Gasteiger partial charge in [0, 0.05) is 30.4 Å². The predicted molar refractivity (Wildman–Crippen MR) is 88.1 cm³/mol. The van der Waals surface area contributed by atoms with Gasteiger partial charge in [0.1, 0.15) is 0 Å². The third-order valence-corrected chi connectivity index (χ3v) is 3.56. The van der Waals surface area contributed by atoms with Crippen LogP contribution >= 0.6 is 11.6 Å². The number of halogens is 1. The van der Waals surface area contributed by atoms with Gasteiger partial charge in [-0.05, 0) is 42.8 Å². The first-order valence-electron chi connectivity index (χ1n) is 6.81. The molecule has 0 heterocycles. The van der Waals surface area contributed by atoms with Crippen molar-refractivity contribution in [2.45, 2.75) is 13.0 Å². The molecule has 21 heavy (non-hydrogen) atoms. The maximum Gasteiger partial charge on any atom is 0.251 e. The first-order chi connectivity index (χ1) is 9.97. The van der Waals surface area contributed by atoms with Crippen LogP contribution in [0, 0.1) is 0 Å². The fraction of sp³-hybridized carbons (Fsp3) is 0.235. The van der Waals surface area contributed by atoms with Gasteiger partial charge in [-0.3, -0.25) is 4.79 Å². The summed E-state index contributed by atoms with van der Waals surface area (Å²) < 4.78 is 0. The third kappa shape index (κ3) is 3.99. The molecule has 0 saturated carbocycles. The molecule has 0 bridgehead atoms. The molecule has 2 aromatic carbocycles. The molecular weight excluding hydrogens is 284 g/mol. The Morgan fingerprint density at radius 2 is 1.86 bits per heavy atom. The van der Waals surface area contributed by atoms with Crippen molar-refractivity contribution in [3.63, 3.8) is 0 Å². The summed E-state index contributed by atoms with van der Waals surface area (Å²) in [7, 11) is 3.90. The maximum atomic E-state index is 12.3. The van der Waals surface area contributed by atoms with Gasteiger partial charge in [0.05, 0.1) is 6.04 Å². The molecule has 1 amide bonds. The van der Waals surface area contributed by atoms with Gasteiger partial charge in [-0.2, -0.15) is 0 Å². The summed E-state index contributed by atoms with van der Waals surface area (Å²) in [5, 5.41) is 3.66. The number of amides is 1. The highest BCUT2D eigenvalue weighted by molar-refractivity contribution is 6.30. The van der Waals surface area contributed by atoms with E-state index >= 15 is 0 Å². The molecule has 0 aromatic heterocycles. The van der Waals surface area contributed by atoms with Crippen molar-refractivity contribution in [2.75, 3.05) is 19.0 Å². The van der Waals surface area contributed by atoms with Gasteiger partial charge in [-0.25, -0.2) is 0 Å². The van der Waals surface area contributed by atoms with Crippen molar-refractivity contribution in [2.24, 2.45) is 0 Å². The van der Waals surface area contributed by atoms with Gasteiger partial charge in [0.25, 0.3) is 5.91 Å². The zero-order valence-corrected chi connectivity index (χ0v) is 13.2. The van der Waals surface area contributed by atoms with Crippen LogP contribution in [-0.4, -0.2) is 20.0 Å². The number of carbonyl (C=O) groups is 1. The lowest BCUT2D eigenvalue weighted by atomic mass is 10.1. The molecule has 2 aromatic rings. The number of rotatable bonds is 4. The summed E-state index contributed by atoms with van der Waals surface area (Å²) in [4.78, 5) is 14.3. The Morgan fingerprint density at radius 3 is 2.52 bits per heavy atom. The zero-order chi connectivity index (χ0) is 15.4. The second-order valence-corrected chi connectivity index (χ2v) is 5.63. The molecule has 0 fully saturated rings. The monoisotopic (exact) mass is 302 g/mol. The number of carbonyl (C=O) groups excluding carboxylic acids is 1. The van der Waals surface area contributed by atoms with Crippen molar-refractivity contribution in [1.29, 1.82) is 0 Å². The van der Waals surface area contributed by atoms with Gasteiger partial charge in [0.15, 0.2) is 0 Å². The summed E-state index contributed by atoms with van der Waals surface area (Å²) in [5.74, 6) is -0.0915. The van der Waals surface area contributed by atoms with E-state index in [2.05, 4.69) is 5.32 Å². The van der Waals surface area contributed by atoms with E-state index < -0.39 is 0 Å². The van der Waals surface area contributed by atoms with Gasteiger partial charge >= 0.3 is 0 Å². The Kier molecular flexibility index (Phi) is 4.86. The van der Waals surface area contributed by atoms with E-state index in [0.717, 1.165) is 11.3 Å². The average molecular weight is 303 g/mol. The molecular formula is C17H19ClN2O. The van der Waals surface area contributed by atoms with Crippen LogP contribution in [0.15, 0.2) is 48.5 Å². The highest BCUT2D eigenvalue weighted by atomic mass is 35.5. The van der Waals surface area contributed by atoms with E-state index in [1.54, 1.807) is 0 Å². The molecule has 0 aliphatic rings. The molecule has 2 rings (SSSR count). The number of anilines is 1. The number of nitrogens with zero attached hydrogens (tertiary/aromatic N) is 1. The van der Waals surface area contributed by atoms with Crippen LogP contribution in [0.5, 0.6) is 0 Å². The minimum absolute atomic E-state index is 0.0915. The summed E-state index contributed by atoms with van der Waals surface area (Å²) in [6, 6.07) is 15.0. The highest BCUT2D eigenvalue weighted by Crippen LogP contribution is 2.19. The quantitative estimate of drug-likeness (QED) is 0.929. The average Bonchev–Trinajstić information content (AvgIpc) is 2.47. The van der Waals surface area contributed by atoms with Crippen LogP contribution in [-0.2, 0) is 0 Å². The fourth-order valence-electron chi connectivity index (χ4n) is 2.06. The predicted octanol–water partition coefficient (Wildman–Crippen LogP) is 3.90. The second kappa shape index (κ2) is 6.64. The highest BCUT2D eigenvalue weighted by Gasteiger charge is 2.12. The largest absolute Gasteiger partial charge is 0.378 e. The Balaban J connectivity index is 2.12. The summed E-state index contributed by atoms with van der Waals surface area (Å²) in [6.07, 6.45) is 0. The Bertz CT molecular complexity index is 640. The van der Waals surface area contributed by atoms with E-state index in [1.165, 1.54) is 0 Å². The molecule has 0 spiro atoms. The lowest BCUT2D eigenvalue weighted by Gasteiger charge is -2.16. The Labute approximate surface area is 130 Å². The summed E-state index contributed by atoms with van der Waals surface area (Å²) in [5.41, 5.74) is 2.63. The van der Waals surface area contributed by atoms with Crippen molar-refractivity contribution >= 4 is 23.2 Å². The maximum absolute atomic E-state index is 12.3. The molecule has 0 saturated heterocycles. The van der Waals surface area contributed by atoms with Crippen molar-refractivity contribution in [3.05, 3.63) is 64.7 Å². The normalized spacial score (nSPS) is 11.8. The topological polar surface area (TPSA) is 32.3 Å². The smallest absolute Gasteiger partial charge is 0.251 e. The van der Waals surface area contributed by atoms with Gasteiger partial charge < -0.3 is 10.2 Å². The Morgan fingerprint density at radius 1 is 1.14 bits per heavy atom. The summed E-state index contributed by atoms with van der Waals surface area (Å²) in [6.45, 7) is 1.94. The molecule has 3 nitrogen and oxygen atoms in total. The number of nitrogens with one attached hydrogen (secondary N) is 1. The van der Waals surface area contributed by atoms with E-state index in [-0.39, 0.29) is 11.9 Å². The molecule has 0 radical (unpaired) electrons. The number of hydrogen-bond donors (Lipinski definition) is 1. The van der Waals surface area contributed by atoms with E-state index in [9.17, 15) is 4.79 Å². The first-order valence-corrected chi connectivity index (χ1v) is 7.19. The van der Waals surface area contributed by atoms with Crippen LogP contribution in [0.2, 0.25) is 5.02 Å². The summed E-state index contributed by atoms with van der Waals surface area (Å²) >= 11 is 5.98. The van der Waals surface area contributed by atoms with Crippen LogP contribution in [0.4, 0.5) is 5.69 Å². The van der Waals surface area contributed by atoms with Crippen LogP contribution in [0.1, 0.15) is 28.9 Å². The molecule has 110 valence electrons. The van der Waals surface area contributed by atoms with Gasteiger partial charge in [-0.15, -0.1) is 0 Å². The Hall–Kier alpha value is -2.00. The minimum Gasteiger partial charge on any atom is -0.378 e. The molecule has 1 N–H and O–H groups in total. The second-order valence-electron chi connectivity index (χ2n) is 5.19. The lowest BCUT2D eigenvalue weighted by Crippen LogP contribution is -2.26. The molecule has 4 heteroatoms. The first kappa shape index (κ1) is 15.4. The van der Waals surface area contributed by atoms with Crippen LogP contribution < -0.4 is 10.2 Å². The van der Waals surface area contributed by atoms with Crippen molar-refractivity contribution in [1.82, 2.24) is 5.32 Å². The standard InChI is InChI=1S/C17H19ClN2O/c1-12(13-6-4-8-15(18)10-13)19-17(21)14-7-5-9-16(11-14)20(2)3/h4-12H,1-3H3,(H,19,21)/t12-/m0/s1. The lowest BCUT2D eigenvalue weighted by molar-refractivity contribution is 0.0940. The zero-order valence-electron chi connectivity index (χ0n) is 12.4. The third-order valence-electron chi connectivity index (χ3n) is 3.32. The fourth-order valence-corrected chi connectivity index (χ4v) is 2.26. The number of benzene rings is 2. The van der Waals surface area contributed by atoms with Crippen molar-refractivity contribution in [3.8, 4) is 0 Å². The van der Waals surface area contributed by atoms with E-state index in [1.807, 2.05) is 74.4 Å². The minimum atomic E-state index is -0.0980. The SMILES string of the molecule is C[C@H](NC(=O)c1cccc(N(C)C)c1)c1cccc(Cl)c1. The molecule has 0 unspecified atom stereocenters. The van der Waals surface area contributed by atoms with E-state index in [0.29, 0.717) is 10.6 Å². The van der Waals surface area contributed by atoms with Crippen LogP contribution in [0.3, 0.4) is 0 Å². The van der Waals surface area contributed by atoms with E-state index in [4.69, 9.17) is 11.6 Å². The van der Waals surface area contributed by atoms with Gasteiger partial charge in [0.2, 0.25) is 0 Å². The molecule has 1 atom stereocenters. The molecule has 0 aliphatic heterocycles. The van der Waals surface area contributed by atoms with Crippen molar-refractivity contribution < 1.29 is 4.79 Å². The van der Waals surface area contributed by atoms with Gasteiger partial charge in [-0.1, -0.05) is 29.8 Å². The molecule has 0 aliphatic carbocycles.